The van der Waals surface area contributed by atoms with E-state index in [-0.39, 0.29) is 0 Å². The molecule has 0 atom stereocenters. The minimum absolute atomic E-state index is 0.466. The molecule has 0 N–H and O–H groups in total. The molecule has 18 heavy (non-hydrogen) atoms. The van der Waals surface area contributed by atoms with E-state index in [0.717, 1.165) is 21.7 Å². The fraction of sp³-hybridized carbons (Fsp3) is 0.0667. The summed E-state index contributed by atoms with van der Waals surface area (Å²) >= 11 is 1.54. The number of rotatable bonds is 2. The molecule has 0 saturated carbocycles. The van der Waals surface area contributed by atoms with E-state index in [1.165, 1.54) is 23.5 Å². The standard InChI is InChI=1S/C15H9F2S/c16-12-5-4-11(14(17)9-12)8-10-2-1-3-15-13(10)6-7-18-15/h1-6,9H,8H2. The van der Waals surface area contributed by atoms with Crippen molar-refractivity contribution in [3.63, 3.8) is 0 Å². The number of hydrogen-bond donors (Lipinski definition) is 0. The van der Waals surface area contributed by atoms with Gasteiger partial charge in [0.1, 0.15) is 11.6 Å². The second-order valence-electron chi connectivity index (χ2n) is 4.11. The molecule has 0 amide bonds. The molecule has 0 aliphatic rings. The summed E-state index contributed by atoms with van der Waals surface area (Å²) in [6, 6.07) is 11.6. The Hall–Kier alpha value is -1.74. The van der Waals surface area contributed by atoms with Crippen molar-refractivity contribution in [2.24, 2.45) is 0 Å². The van der Waals surface area contributed by atoms with Gasteiger partial charge >= 0.3 is 0 Å². The van der Waals surface area contributed by atoms with Crippen molar-refractivity contribution in [2.75, 3.05) is 0 Å². The molecule has 1 radical (unpaired) electrons. The predicted octanol–water partition coefficient (Wildman–Crippen LogP) is 4.57. The van der Waals surface area contributed by atoms with Crippen LogP contribution >= 0.6 is 11.3 Å². The maximum Gasteiger partial charge on any atom is 0.129 e. The molecule has 0 spiro atoms. The van der Waals surface area contributed by atoms with Gasteiger partial charge in [-0.2, -0.15) is 0 Å². The molecule has 89 valence electrons. The molecule has 3 aromatic rings. The van der Waals surface area contributed by atoms with E-state index < -0.39 is 11.6 Å². The highest BCUT2D eigenvalue weighted by Crippen LogP contribution is 2.26. The van der Waals surface area contributed by atoms with Crippen molar-refractivity contribution in [3.05, 3.63) is 70.6 Å². The second kappa shape index (κ2) is 4.50. The van der Waals surface area contributed by atoms with Crippen molar-refractivity contribution in [2.45, 2.75) is 6.42 Å². The van der Waals surface area contributed by atoms with E-state index in [9.17, 15) is 8.78 Å². The van der Waals surface area contributed by atoms with Crippen LogP contribution in [0.4, 0.5) is 8.78 Å². The monoisotopic (exact) mass is 259 g/mol. The van der Waals surface area contributed by atoms with E-state index >= 15 is 0 Å². The smallest absolute Gasteiger partial charge is 0.129 e. The summed E-state index contributed by atoms with van der Waals surface area (Å²) < 4.78 is 27.6. The van der Waals surface area contributed by atoms with Crippen LogP contribution in [0.3, 0.4) is 0 Å². The Morgan fingerprint density at radius 3 is 2.78 bits per heavy atom. The molecule has 3 heteroatoms. The zero-order valence-electron chi connectivity index (χ0n) is 9.41. The van der Waals surface area contributed by atoms with E-state index in [1.807, 2.05) is 24.3 Å². The Labute approximate surface area is 108 Å². The fourth-order valence-corrected chi connectivity index (χ4v) is 2.77. The predicted molar refractivity (Wildman–Crippen MR) is 69.8 cm³/mol. The van der Waals surface area contributed by atoms with Gasteiger partial charge in [-0.3, -0.25) is 0 Å². The number of halogens is 2. The zero-order valence-corrected chi connectivity index (χ0v) is 10.2. The van der Waals surface area contributed by atoms with Gasteiger partial charge in [-0.15, -0.1) is 11.3 Å². The maximum absolute atomic E-state index is 13.6. The van der Waals surface area contributed by atoms with Crippen LogP contribution < -0.4 is 0 Å². The zero-order chi connectivity index (χ0) is 12.5. The first-order valence-corrected chi connectivity index (χ1v) is 6.37. The van der Waals surface area contributed by atoms with E-state index in [1.54, 1.807) is 0 Å². The Morgan fingerprint density at radius 2 is 1.94 bits per heavy atom. The van der Waals surface area contributed by atoms with Crippen LogP contribution in [0, 0.1) is 17.0 Å². The van der Waals surface area contributed by atoms with Gasteiger partial charge in [0.05, 0.1) is 0 Å². The van der Waals surface area contributed by atoms with Crippen LogP contribution in [-0.4, -0.2) is 0 Å². The lowest BCUT2D eigenvalue weighted by Crippen LogP contribution is -1.94. The molecule has 1 aromatic heterocycles. The number of thiophene rings is 1. The van der Waals surface area contributed by atoms with Crippen LogP contribution in [-0.2, 0) is 6.42 Å². The average molecular weight is 259 g/mol. The molecule has 0 nitrogen and oxygen atoms in total. The first-order chi connectivity index (χ1) is 8.74. The van der Waals surface area contributed by atoms with E-state index in [4.69, 9.17) is 0 Å². The lowest BCUT2D eigenvalue weighted by Gasteiger charge is -2.05. The molecule has 0 aliphatic carbocycles. The molecule has 0 saturated heterocycles. The van der Waals surface area contributed by atoms with Crippen LogP contribution in [0.25, 0.3) is 10.1 Å². The number of hydrogen-bond acceptors (Lipinski definition) is 1. The fourth-order valence-electron chi connectivity index (χ4n) is 2.02. The highest BCUT2D eigenvalue weighted by molar-refractivity contribution is 7.16. The van der Waals surface area contributed by atoms with Crippen molar-refractivity contribution < 1.29 is 8.78 Å². The van der Waals surface area contributed by atoms with Gasteiger partial charge in [0.25, 0.3) is 0 Å². The molecule has 3 rings (SSSR count). The van der Waals surface area contributed by atoms with Gasteiger partial charge in [0, 0.05) is 22.6 Å². The summed E-state index contributed by atoms with van der Waals surface area (Å²) in [5.41, 5.74) is 1.55. The SMILES string of the molecule is Fc1ccc(Cc2cccc3s[c]cc23)c(F)c1. The molecular formula is C15H9F2S. The maximum atomic E-state index is 13.6. The van der Waals surface area contributed by atoms with E-state index in [2.05, 4.69) is 5.38 Å². The lowest BCUT2D eigenvalue weighted by molar-refractivity contribution is 0.575. The van der Waals surface area contributed by atoms with Gasteiger partial charge in [-0.05, 0) is 34.7 Å². The second-order valence-corrected chi connectivity index (χ2v) is 4.99. The summed E-state index contributed by atoms with van der Waals surface area (Å²) in [6.07, 6.45) is 0.466. The molecular weight excluding hydrogens is 250 g/mol. The van der Waals surface area contributed by atoms with Crippen LogP contribution in [0.15, 0.2) is 42.5 Å². The third-order valence-electron chi connectivity index (χ3n) is 2.92. The number of benzene rings is 2. The normalized spacial score (nSPS) is 11.0. The summed E-state index contributed by atoms with van der Waals surface area (Å²) in [5.74, 6) is -1.04. The quantitative estimate of drug-likeness (QED) is 0.632. The Bertz CT molecular complexity index is 701. The van der Waals surface area contributed by atoms with Gasteiger partial charge in [0.15, 0.2) is 0 Å². The molecule has 0 aliphatic heterocycles. The van der Waals surface area contributed by atoms with E-state index in [0.29, 0.717) is 12.0 Å². The molecule has 0 unspecified atom stereocenters. The molecule has 1 heterocycles. The third kappa shape index (κ3) is 2.02. The van der Waals surface area contributed by atoms with Crippen LogP contribution in [0.5, 0.6) is 0 Å². The average Bonchev–Trinajstić information content (AvgIpc) is 2.82. The van der Waals surface area contributed by atoms with Crippen molar-refractivity contribution in [3.8, 4) is 0 Å². The van der Waals surface area contributed by atoms with Gasteiger partial charge < -0.3 is 0 Å². The summed E-state index contributed by atoms with van der Waals surface area (Å²) in [4.78, 5) is 0. The van der Waals surface area contributed by atoms with Crippen molar-refractivity contribution in [1.29, 1.82) is 0 Å². The minimum Gasteiger partial charge on any atom is -0.207 e. The summed E-state index contributed by atoms with van der Waals surface area (Å²) in [6.45, 7) is 0. The van der Waals surface area contributed by atoms with Crippen LogP contribution in [0.2, 0.25) is 0 Å². The molecule has 0 bridgehead atoms. The molecule has 0 fully saturated rings. The lowest BCUT2D eigenvalue weighted by atomic mass is 10.0. The topological polar surface area (TPSA) is 0 Å². The number of fused-ring (bicyclic) bond motifs is 1. The van der Waals surface area contributed by atoms with Gasteiger partial charge in [-0.1, -0.05) is 18.2 Å². The third-order valence-corrected chi connectivity index (χ3v) is 3.74. The summed E-state index contributed by atoms with van der Waals surface area (Å²) in [7, 11) is 0. The van der Waals surface area contributed by atoms with Gasteiger partial charge in [0.2, 0.25) is 0 Å². The van der Waals surface area contributed by atoms with Crippen molar-refractivity contribution in [1.82, 2.24) is 0 Å². The van der Waals surface area contributed by atoms with Crippen molar-refractivity contribution >= 4 is 21.4 Å². The first-order valence-electron chi connectivity index (χ1n) is 5.55. The van der Waals surface area contributed by atoms with Crippen LogP contribution in [0.1, 0.15) is 11.1 Å². The first kappa shape index (κ1) is 11.4. The highest BCUT2D eigenvalue weighted by Gasteiger charge is 2.07. The summed E-state index contributed by atoms with van der Waals surface area (Å²) in [5, 5.41) is 4.16. The minimum atomic E-state index is -0.543. The highest BCUT2D eigenvalue weighted by atomic mass is 32.1. The molecule has 2 aromatic carbocycles. The van der Waals surface area contributed by atoms with Gasteiger partial charge in [-0.25, -0.2) is 8.78 Å². The largest absolute Gasteiger partial charge is 0.207 e. The Kier molecular flexibility index (Phi) is 2.84. The Balaban J connectivity index is 2.03. The Morgan fingerprint density at radius 1 is 1.06 bits per heavy atom.